The molecule has 0 aromatic heterocycles. The van der Waals surface area contributed by atoms with Crippen LogP contribution >= 0.6 is 0 Å². The number of rotatable bonds is 4. The van der Waals surface area contributed by atoms with Gasteiger partial charge in [-0.3, -0.25) is 4.79 Å². The van der Waals surface area contributed by atoms with E-state index in [1.54, 1.807) is 0 Å². The Morgan fingerprint density at radius 2 is 2.10 bits per heavy atom. The molecule has 20 heavy (non-hydrogen) atoms. The molecule has 0 aromatic rings. The molecule has 4 fully saturated rings. The van der Waals surface area contributed by atoms with Gasteiger partial charge in [-0.05, 0) is 49.4 Å². The van der Waals surface area contributed by atoms with Crippen LogP contribution in [-0.4, -0.2) is 18.0 Å². The maximum atomic E-state index is 12.1. The Balaban J connectivity index is 1.68. The van der Waals surface area contributed by atoms with E-state index in [9.17, 15) is 4.79 Å². The van der Waals surface area contributed by atoms with Gasteiger partial charge in [0.25, 0.3) is 0 Å². The summed E-state index contributed by atoms with van der Waals surface area (Å²) in [6.07, 6.45) is 8.75. The molecule has 3 atom stereocenters. The van der Waals surface area contributed by atoms with E-state index in [-0.39, 0.29) is 17.4 Å². The second-order valence-corrected chi connectivity index (χ2v) is 7.58. The van der Waals surface area contributed by atoms with Gasteiger partial charge in [0.15, 0.2) is 6.19 Å². The summed E-state index contributed by atoms with van der Waals surface area (Å²) in [5, 5.41) is 15.3. The summed E-state index contributed by atoms with van der Waals surface area (Å²) in [6, 6.07) is 0. The number of fused-ring (bicyclic) bond motifs is 2. The van der Waals surface area contributed by atoms with Crippen molar-refractivity contribution in [2.45, 2.75) is 57.9 Å². The molecule has 4 rings (SSSR count). The topological polar surface area (TPSA) is 64.9 Å². The molecule has 4 saturated carbocycles. The summed E-state index contributed by atoms with van der Waals surface area (Å²) in [5.74, 6) is 1.70. The van der Waals surface area contributed by atoms with Crippen molar-refractivity contribution >= 4 is 5.91 Å². The molecule has 0 heterocycles. The number of hydrogen-bond acceptors (Lipinski definition) is 3. The van der Waals surface area contributed by atoms with Gasteiger partial charge in [-0.25, -0.2) is 0 Å². The highest BCUT2D eigenvalue weighted by atomic mass is 16.1. The van der Waals surface area contributed by atoms with Crippen LogP contribution in [-0.2, 0) is 4.79 Å². The normalized spacial score (nSPS) is 38.0. The Hall–Kier alpha value is -1.24. The monoisotopic (exact) mass is 275 g/mol. The molecule has 4 aliphatic carbocycles. The van der Waals surface area contributed by atoms with E-state index in [4.69, 9.17) is 5.26 Å². The summed E-state index contributed by atoms with van der Waals surface area (Å²) in [5.41, 5.74) is 0.0791. The van der Waals surface area contributed by atoms with Crippen molar-refractivity contribution in [2.75, 3.05) is 6.54 Å². The molecule has 0 radical (unpaired) electrons. The van der Waals surface area contributed by atoms with Crippen LogP contribution in [0.4, 0.5) is 0 Å². The molecule has 110 valence electrons. The summed E-state index contributed by atoms with van der Waals surface area (Å²) >= 11 is 0. The van der Waals surface area contributed by atoms with Gasteiger partial charge >= 0.3 is 0 Å². The van der Waals surface area contributed by atoms with Crippen LogP contribution in [0, 0.1) is 34.6 Å². The van der Waals surface area contributed by atoms with Crippen molar-refractivity contribution in [1.82, 2.24) is 10.6 Å². The van der Waals surface area contributed by atoms with E-state index in [2.05, 4.69) is 30.7 Å². The standard InChI is InChI=1S/C16H25N3O/c1-15(2)12-6-7-16(19-10-17,13(15)8-12)9-18-14(20)11-4-3-5-11/h11-13,19H,3-9H2,1-2H3,(H,18,20)/t12-,13-,16+/m1/s1. The SMILES string of the molecule is CC1(C)[C@@H]2CC[C@@](CNC(=O)C3CCC3)(NC#N)[C@@H]1C2. The lowest BCUT2D eigenvalue weighted by atomic mass is 9.43. The van der Waals surface area contributed by atoms with Crippen LogP contribution in [0.25, 0.3) is 0 Å². The van der Waals surface area contributed by atoms with Gasteiger partial charge in [-0.2, -0.15) is 5.26 Å². The number of nitrogens with zero attached hydrogens (tertiary/aromatic N) is 1. The molecule has 0 saturated heterocycles. The third kappa shape index (κ3) is 1.90. The average Bonchev–Trinajstić information content (AvgIpc) is 2.34. The predicted octanol–water partition coefficient (Wildman–Crippen LogP) is 2.17. The number of carbonyl (C=O) groups is 1. The highest BCUT2D eigenvalue weighted by Crippen LogP contribution is 2.62. The van der Waals surface area contributed by atoms with Gasteiger partial charge < -0.3 is 10.6 Å². The zero-order valence-electron chi connectivity index (χ0n) is 12.5. The first-order valence-corrected chi connectivity index (χ1v) is 7.93. The van der Waals surface area contributed by atoms with E-state index in [1.807, 2.05) is 0 Å². The molecule has 0 aliphatic heterocycles. The Morgan fingerprint density at radius 3 is 2.60 bits per heavy atom. The lowest BCUT2D eigenvalue weighted by Gasteiger charge is -2.64. The van der Waals surface area contributed by atoms with Crippen LogP contribution in [0.3, 0.4) is 0 Å². The Kier molecular flexibility index (Phi) is 3.19. The Bertz CT molecular complexity index is 447. The first kappa shape index (κ1) is 13.7. The van der Waals surface area contributed by atoms with Crippen LogP contribution in [0.1, 0.15) is 52.4 Å². The molecular weight excluding hydrogens is 250 g/mol. The van der Waals surface area contributed by atoms with Crippen molar-refractivity contribution < 1.29 is 4.79 Å². The molecular formula is C16H25N3O. The van der Waals surface area contributed by atoms with Gasteiger partial charge in [0.05, 0.1) is 5.54 Å². The molecule has 2 N–H and O–H groups in total. The first-order valence-electron chi connectivity index (χ1n) is 7.93. The largest absolute Gasteiger partial charge is 0.353 e. The second-order valence-electron chi connectivity index (χ2n) is 7.58. The molecule has 4 heteroatoms. The zero-order chi connectivity index (χ0) is 14.4. The maximum absolute atomic E-state index is 12.1. The van der Waals surface area contributed by atoms with Crippen molar-refractivity contribution in [3.63, 3.8) is 0 Å². The quantitative estimate of drug-likeness (QED) is 0.610. The number of carbonyl (C=O) groups excluding carboxylic acids is 1. The average molecular weight is 275 g/mol. The van der Waals surface area contributed by atoms with E-state index in [0.717, 1.165) is 31.6 Å². The molecule has 0 aromatic carbocycles. The van der Waals surface area contributed by atoms with E-state index in [1.165, 1.54) is 12.8 Å². The number of nitriles is 1. The van der Waals surface area contributed by atoms with Gasteiger partial charge in [0, 0.05) is 12.5 Å². The lowest BCUT2D eigenvalue weighted by Crippen LogP contribution is -2.69. The van der Waals surface area contributed by atoms with Crippen LogP contribution < -0.4 is 10.6 Å². The van der Waals surface area contributed by atoms with Crippen LogP contribution in [0.15, 0.2) is 0 Å². The van der Waals surface area contributed by atoms with E-state index < -0.39 is 0 Å². The Morgan fingerprint density at radius 1 is 1.35 bits per heavy atom. The van der Waals surface area contributed by atoms with Crippen molar-refractivity contribution in [1.29, 1.82) is 5.26 Å². The Labute approximate surface area is 121 Å². The smallest absolute Gasteiger partial charge is 0.223 e. The molecule has 0 spiro atoms. The van der Waals surface area contributed by atoms with E-state index in [0.29, 0.717) is 17.9 Å². The predicted molar refractivity (Wildman–Crippen MR) is 76.4 cm³/mol. The van der Waals surface area contributed by atoms with Gasteiger partial charge in [0.1, 0.15) is 0 Å². The van der Waals surface area contributed by atoms with Gasteiger partial charge in [0.2, 0.25) is 5.91 Å². The minimum absolute atomic E-state index is 0.189. The fraction of sp³-hybridized carbons (Fsp3) is 0.875. The highest BCUT2D eigenvalue weighted by molar-refractivity contribution is 5.79. The van der Waals surface area contributed by atoms with Crippen molar-refractivity contribution in [2.24, 2.45) is 23.2 Å². The molecule has 0 unspecified atom stereocenters. The van der Waals surface area contributed by atoms with Crippen molar-refractivity contribution in [3.05, 3.63) is 0 Å². The second kappa shape index (κ2) is 4.65. The highest BCUT2D eigenvalue weighted by Gasteiger charge is 2.61. The van der Waals surface area contributed by atoms with Gasteiger partial charge in [-0.15, -0.1) is 0 Å². The fourth-order valence-corrected chi connectivity index (χ4v) is 4.63. The molecule has 2 bridgehead atoms. The zero-order valence-corrected chi connectivity index (χ0v) is 12.5. The minimum Gasteiger partial charge on any atom is -0.353 e. The lowest BCUT2D eigenvalue weighted by molar-refractivity contribution is -0.135. The summed E-state index contributed by atoms with van der Waals surface area (Å²) < 4.78 is 0. The summed E-state index contributed by atoms with van der Waals surface area (Å²) in [6.45, 7) is 5.23. The summed E-state index contributed by atoms with van der Waals surface area (Å²) in [4.78, 5) is 12.1. The third-order valence-electron chi connectivity index (χ3n) is 6.44. The minimum atomic E-state index is -0.216. The fourth-order valence-electron chi connectivity index (χ4n) is 4.63. The van der Waals surface area contributed by atoms with Gasteiger partial charge in [-0.1, -0.05) is 20.3 Å². The maximum Gasteiger partial charge on any atom is 0.223 e. The molecule has 4 aliphatic rings. The van der Waals surface area contributed by atoms with Crippen LogP contribution in [0.2, 0.25) is 0 Å². The number of hydrogen-bond donors (Lipinski definition) is 2. The van der Waals surface area contributed by atoms with Crippen molar-refractivity contribution in [3.8, 4) is 6.19 Å². The molecule has 1 amide bonds. The number of amides is 1. The number of nitrogens with one attached hydrogen (secondary N) is 2. The van der Waals surface area contributed by atoms with E-state index >= 15 is 0 Å². The third-order valence-corrected chi connectivity index (χ3v) is 6.44. The summed E-state index contributed by atoms with van der Waals surface area (Å²) in [7, 11) is 0. The van der Waals surface area contributed by atoms with Crippen LogP contribution in [0.5, 0.6) is 0 Å². The molecule has 4 nitrogen and oxygen atoms in total. The first-order chi connectivity index (χ1) is 9.49.